The Morgan fingerprint density at radius 1 is 1.24 bits per heavy atom. The Morgan fingerprint density at radius 3 is 2.56 bits per heavy atom. The minimum atomic E-state index is -3.92. The smallest absolute Gasteiger partial charge is 0.263 e. The van der Waals surface area contributed by atoms with Gasteiger partial charge in [0.05, 0.1) is 11.7 Å². The number of benzene rings is 1. The van der Waals surface area contributed by atoms with Gasteiger partial charge in [0.15, 0.2) is 0 Å². The fourth-order valence-electron chi connectivity index (χ4n) is 4.49. The van der Waals surface area contributed by atoms with E-state index in [9.17, 15) is 22.4 Å². The first-order valence-corrected chi connectivity index (χ1v) is 13.3. The third-order valence-electron chi connectivity index (χ3n) is 6.00. The summed E-state index contributed by atoms with van der Waals surface area (Å²) in [5, 5.41) is 2.56. The van der Waals surface area contributed by atoms with Crippen LogP contribution in [-0.4, -0.2) is 41.3 Å². The maximum atomic E-state index is 13.8. The number of carbonyl (C=O) groups is 1. The molecule has 0 aliphatic carbocycles. The van der Waals surface area contributed by atoms with Gasteiger partial charge in [-0.2, -0.15) is 4.31 Å². The van der Waals surface area contributed by atoms with Gasteiger partial charge in [-0.25, -0.2) is 17.8 Å². The molecule has 1 saturated heterocycles. The summed E-state index contributed by atoms with van der Waals surface area (Å²) in [6.07, 6.45) is 2.18. The molecule has 0 spiro atoms. The summed E-state index contributed by atoms with van der Waals surface area (Å²) in [7, 11) is -3.92. The minimum absolute atomic E-state index is 0.00469. The first kappa shape index (κ1) is 24.5. The number of halogens is 1. The van der Waals surface area contributed by atoms with E-state index in [1.54, 1.807) is 19.9 Å². The number of aromatic nitrogens is 2. The molecule has 34 heavy (non-hydrogen) atoms. The molecule has 182 valence electrons. The molecule has 1 amide bonds. The standard InChI is InChI=1S/C23H27FN4O4S2/c1-13-7-14(2)10-28(9-13)34(31,32)21-16(4)33-22-20(21)23(30)27(12-25-22)11-19(29)26-17-6-5-15(3)18(24)8-17/h5-6,8,12-14H,7,9-11H2,1-4H3,(H,26,29). The van der Waals surface area contributed by atoms with Crippen LogP contribution in [0.2, 0.25) is 0 Å². The third kappa shape index (κ3) is 4.64. The number of anilines is 1. The van der Waals surface area contributed by atoms with E-state index >= 15 is 0 Å². The first-order valence-electron chi connectivity index (χ1n) is 11.0. The Bertz CT molecular complexity index is 1420. The van der Waals surface area contributed by atoms with Crippen molar-refractivity contribution < 1.29 is 17.6 Å². The average Bonchev–Trinajstić information content (AvgIpc) is 3.09. The van der Waals surface area contributed by atoms with Gasteiger partial charge < -0.3 is 5.32 Å². The number of aryl methyl sites for hydroxylation is 2. The van der Waals surface area contributed by atoms with Gasteiger partial charge >= 0.3 is 0 Å². The number of nitrogens with zero attached hydrogens (tertiary/aromatic N) is 3. The topological polar surface area (TPSA) is 101 Å². The highest BCUT2D eigenvalue weighted by Gasteiger charge is 2.35. The summed E-state index contributed by atoms with van der Waals surface area (Å²) >= 11 is 1.15. The van der Waals surface area contributed by atoms with Crippen LogP contribution in [-0.2, 0) is 21.4 Å². The number of nitrogens with one attached hydrogen (secondary N) is 1. The third-order valence-corrected chi connectivity index (χ3v) is 9.15. The molecule has 2 unspecified atom stereocenters. The van der Waals surface area contributed by atoms with E-state index in [2.05, 4.69) is 10.3 Å². The van der Waals surface area contributed by atoms with E-state index in [0.717, 1.165) is 22.3 Å². The average molecular weight is 507 g/mol. The molecule has 1 aromatic carbocycles. The number of hydrogen-bond donors (Lipinski definition) is 1. The van der Waals surface area contributed by atoms with Crippen LogP contribution in [0, 0.1) is 31.5 Å². The second kappa shape index (κ2) is 9.20. The van der Waals surface area contributed by atoms with Crippen molar-refractivity contribution in [2.24, 2.45) is 11.8 Å². The zero-order valence-electron chi connectivity index (χ0n) is 19.5. The van der Waals surface area contributed by atoms with Crippen molar-refractivity contribution in [2.75, 3.05) is 18.4 Å². The van der Waals surface area contributed by atoms with Gasteiger partial charge in [-0.3, -0.25) is 14.2 Å². The van der Waals surface area contributed by atoms with Crippen LogP contribution < -0.4 is 10.9 Å². The molecular weight excluding hydrogens is 479 g/mol. The van der Waals surface area contributed by atoms with Crippen molar-refractivity contribution >= 4 is 43.2 Å². The fourth-order valence-corrected chi connectivity index (χ4v) is 7.84. The molecule has 11 heteroatoms. The molecule has 0 bridgehead atoms. The Kier molecular flexibility index (Phi) is 6.63. The Morgan fingerprint density at radius 2 is 1.91 bits per heavy atom. The quantitative estimate of drug-likeness (QED) is 0.571. The van der Waals surface area contributed by atoms with Crippen molar-refractivity contribution in [3.05, 3.63) is 51.1 Å². The molecule has 2 atom stereocenters. The number of amides is 1. The molecule has 0 saturated carbocycles. The zero-order chi connectivity index (χ0) is 24.8. The van der Waals surface area contributed by atoms with Crippen LogP contribution in [0.4, 0.5) is 10.1 Å². The van der Waals surface area contributed by atoms with Crippen molar-refractivity contribution in [2.45, 2.75) is 45.6 Å². The predicted octanol–water partition coefficient (Wildman–Crippen LogP) is 3.52. The van der Waals surface area contributed by atoms with Crippen molar-refractivity contribution in [3.63, 3.8) is 0 Å². The monoisotopic (exact) mass is 506 g/mol. The van der Waals surface area contributed by atoms with Gasteiger partial charge in [-0.05, 0) is 49.8 Å². The van der Waals surface area contributed by atoms with E-state index < -0.39 is 27.3 Å². The highest BCUT2D eigenvalue weighted by molar-refractivity contribution is 7.89. The van der Waals surface area contributed by atoms with Crippen molar-refractivity contribution in [1.29, 1.82) is 0 Å². The van der Waals surface area contributed by atoms with Crippen LogP contribution >= 0.6 is 11.3 Å². The molecule has 1 N–H and O–H groups in total. The van der Waals surface area contributed by atoms with E-state index in [1.807, 2.05) is 13.8 Å². The van der Waals surface area contributed by atoms with E-state index in [1.165, 1.54) is 22.8 Å². The van der Waals surface area contributed by atoms with Gasteiger partial charge in [-0.15, -0.1) is 11.3 Å². The lowest BCUT2D eigenvalue weighted by Gasteiger charge is -2.34. The summed E-state index contributed by atoms with van der Waals surface area (Å²) in [4.78, 5) is 30.9. The molecule has 1 fully saturated rings. The number of thiophene rings is 1. The summed E-state index contributed by atoms with van der Waals surface area (Å²) in [5.74, 6) is -0.577. The van der Waals surface area contributed by atoms with Gasteiger partial charge in [0.2, 0.25) is 15.9 Å². The zero-order valence-corrected chi connectivity index (χ0v) is 21.1. The number of carbonyl (C=O) groups excluding carboxylic acids is 1. The lowest BCUT2D eigenvalue weighted by molar-refractivity contribution is -0.116. The summed E-state index contributed by atoms with van der Waals surface area (Å²) in [6.45, 7) is 7.72. The Balaban J connectivity index is 1.68. The highest BCUT2D eigenvalue weighted by Crippen LogP contribution is 2.35. The lowest BCUT2D eigenvalue weighted by atomic mass is 9.94. The maximum Gasteiger partial charge on any atom is 0.263 e. The second-order valence-corrected chi connectivity index (χ2v) is 12.2. The normalized spacial score (nSPS) is 19.4. The number of rotatable bonds is 5. The molecule has 4 rings (SSSR count). The lowest BCUT2D eigenvalue weighted by Crippen LogP contribution is -2.42. The fraction of sp³-hybridized carbons (Fsp3) is 0.435. The first-order chi connectivity index (χ1) is 16.0. The second-order valence-electron chi connectivity index (χ2n) is 9.13. The molecule has 0 radical (unpaired) electrons. The summed E-state index contributed by atoms with van der Waals surface area (Å²) in [5.41, 5.74) is 0.109. The largest absolute Gasteiger partial charge is 0.324 e. The molecule has 1 aliphatic rings. The van der Waals surface area contributed by atoms with Crippen LogP contribution in [0.25, 0.3) is 10.2 Å². The molecule has 3 aromatic rings. The van der Waals surface area contributed by atoms with Crippen molar-refractivity contribution in [3.8, 4) is 0 Å². The number of hydrogen-bond acceptors (Lipinski definition) is 6. The number of piperidine rings is 1. The summed E-state index contributed by atoms with van der Waals surface area (Å²) in [6, 6.07) is 4.30. The molecule has 1 aliphatic heterocycles. The molecule has 3 heterocycles. The van der Waals surface area contributed by atoms with E-state index in [4.69, 9.17) is 0 Å². The van der Waals surface area contributed by atoms with Crippen LogP contribution in [0.3, 0.4) is 0 Å². The predicted molar refractivity (Wildman–Crippen MR) is 130 cm³/mol. The van der Waals surface area contributed by atoms with E-state index in [-0.39, 0.29) is 34.3 Å². The van der Waals surface area contributed by atoms with Gasteiger partial charge in [-0.1, -0.05) is 19.9 Å². The van der Waals surface area contributed by atoms with Crippen LogP contribution in [0.5, 0.6) is 0 Å². The molecular formula is C23H27FN4O4S2. The summed E-state index contributed by atoms with van der Waals surface area (Å²) < 4.78 is 43.5. The van der Waals surface area contributed by atoms with E-state index in [0.29, 0.717) is 28.4 Å². The number of sulfonamides is 1. The Hall–Kier alpha value is -2.63. The Labute approximate surface area is 201 Å². The molecule has 2 aromatic heterocycles. The van der Waals surface area contributed by atoms with Crippen LogP contribution in [0.15, 0.2) is 34.2 Å². The highest BCUT2D eigenvalue weighted by atomic mass is 32.2. The van der Waals surface area contributed by atoms with Crippen LogP contribution in [0.1, 0.15) is 30.7 Å². The van der Waals surface area contributed by atoms with Crippen molar-refractivity contribution in [1.82, 2.24) is 13.9 Å². The van der Waals surface area contributed by atoms with Gasteiger partial charge in [0, 0.05) is 23.7 Å². The SMILES string of the molecule is Cc1ccc(NC(=O)Cn2cnc3sc(C)c(S(=O)(=O)N4CC(C)CC(C)C4)c3c2=O)cc1F. The van der Waals surface area contributed by atoms with Gasteiger partial charge in [0.1, 0.15) is 22.1 Å². The maximum absolute atomic E-state index is 13.8. The molecule has 8 nitrogen and oxygen atoms in total. The number of fused-ring (bicyclic) bond motifs is 1. The minimum Gasteiger partial charge on any atom is -0.324 e. The van der Waals surface area contributed by atoms with Gasteiger partial charge in [0.25, 0.3) is 5.56 Å².